The van der Waals surface area contributed by atoms with Crippen LogP contribution in [0.1, 0.15) is 71.6 Å². The Kier molecular flexibility index (Phi) is 8.50. The van der Waals surface area contributed by atoms with Gasteiger partial charge in [-0.3, -0.25) is 9.59 Å². The molecule has 0 bridgehead atoms. The lowest BCUT2D eigenvalue weighted by Gasteiger charge is -2.36. The number of likely N-dealkylation sites (tertiary alicyclic amines) is 1. The maximum absolute atomic E-state index is 13.2. The molecular weight excluding hydrogens is 312 g/mol. The molecule has 0 saturated carbocycles. The minimum Gasteiger partial charge on any atom is -0.342 e. The van der Waals surface area contributed by atoms with Crippen molar-refractivity contribution in [1.29, 1.82) is 0 Å². The summed E-state index contributed by atoms with van der Waals surface area (Å²) in [5.74, 6) is 0.115. The molecule has 2 amide bonds. The summed E-state index contributed by atoms with van der Waals surface area (Å²) in [6.45, 7) is 7.73. The second-order valence-electron chi connectivity index (χ2n) is 7.57. The van der Waals surface area contributed by atoms with Crippen molar-refractivity contribution in [2.45, 2.75) is 71.6 Å². The van der Waals surface area contributed by atoms with Crippen LogP contribution in [-0.4, -0.2) is 47.8 Å². The molecule has 1 aliphatic heterocycles. The minimum absolute atomic E-state index is 0.152. The van der Waals surface area contributed by atoms with Gasteiger partial charge >= 0.3 is 0 Å². The Hall–Kier alpha value is -1.32. The number of allylic oxidation sites excluding steroid dienone is 2. The van der Waals surface area contributed by atoms with E-state index >= 15 is 0 Å². The van der Waals surface area contributed by atoms with Gasteiger partial charge in [-0.05, 0) is 44.9 Å². The largest absolute Gasteiger partial charge is 0.342 e. The molecule has 0 N–H and O–H groups in total. The molecule has 1 saturated heterocycles. The van der Waals surface area contributed by atoms with E-state index in [0.717, 1.165) is 77.5 Å². The zero-order chi connectivity index (χ0) is 18.1. The SMILES string of the molecule is CCCCN(CCCC)C(=O)C1CC=CCC1C(=O)N1CCCCC1. The van der Waals surface area contributed by atoms with Gasteiger partial charge in [-0.2, -0.15) is 0 Å². The van der Waals surface area contributed by atoms with Crippen molar-refractivity contribution in [2.75, 3.05) is 26.2 Å². The number of piperidine rings is 1. The molecule has 2 rings (SSSR count). The van der Waals surface area contributed by atoms with Gasteiger partial charge in [-0.15, -0.1) is 0 Å². The standard InChI is InChI=1S/C21H36N2O2/c1-3-5-14-22(15-6-4-2)20(24)18-12-8-9-13-19(18)21(25)23-16-10-7-11-17-23/h8-9,18-19H,3-7,10-17H2,1-2H3. The van der Waals surface area contributed by atoms with Crippen LogP contribution in [0.2, 0.25) is 0 Å². The van der Waals surface area contributed by atoms with Gasteiger partial charge in [0.2, 0.25) is 11.8 Å². The van der Waals surface area contributed by atoms with Crippen molar-refractivity contribution < 1.29 is 9.59 Å². The second kappa shape index (κ2) is 10.6. The molecule has 2 atom stereocenters. The van der Waals surface area contributed by atoms with Crippen LogP contribution in [0, 0.1) is 11.8 Å². The lowest BCUT2D eigenvalue weighted by molar-refractivity contribution is -0.147. The summed E-state index contributed by atoms with van der Waals surface area (Å²) in [4.78, 5) is 30.3. The molecule has 1 fully saturated rings. The van der Waals surface area contributed by atoms with E-state index in [1.165, 1.54) is 6.42 Å². The van der Waals surface area contributed by atoms with E-state index in [0.29, 0.717) is 0 Å². The maximum atomic E-state index is 13.2. The van der Waals surface area contributed by atoms with Crippen molar-refractivity contribution in [1.82, 2.24) is 9.80 Å². The molecule has 0 radical (unpaired) electrons. The zero-order valence-corrected chi connectivity index (χ0v) is 16.2. The maximum Gasteiger partial charge on any atom is 0.226 e. The van der Waals surface area contributed by atoms with Crippen LogP contribution in [0.25, 0.3) is 0 Å². The molecule has 2 aliphatic rings. The van der Waals surface area contributed by atoms with E-state index < -0.39 is 0 Å². The second-order valence-corrected chi connectivity index (χ2v) is 7.57. The van der Waals surface area contributed by atoms with Crippen LogP contribution >= 0.6 is 0 Å². The highest BCUT2D eigenvalue weighted by Crippen LogP contribution is 2.30. The van der Waals surface area contributed by atoms with Crippen molar-refractivity contribution in [3.05, 3.63) is 12.2 Å². The van der Waals surface area contributed by atoms with Crippen LogP contribution in [0.5, 0.6) is 0 Å². The van der Waals surface area contributed by atoms with Gasteiger partial charge in [0.15, 0.2) is 0 Å². The molecule has 0 aromatic heterocycles. The Morgan fingerprint density at radius 1 is 0.920 bits per heavy atom. The number of amides is 2. The predicted molar refractivity (Wildman–Crippen MR) is 102 cm³/mol. The van der Waals surface area contributed by atoms with Crippen LogP contribution in [0.4, 0.5) is 0 Å². The van der Waals surface area contributed by atoms with Crippen molar-refractivity contribution in [3.63, 3.8) is 0 Å². The monoisotopic (exact) mass is 348 g/mol. The third-order valence-corrected chi connectivity index (χ3v) is 5.61. The summed E-state index contributed by atoms with van der Waals surface area (Å²) in [5.41, 5.74) is 0. The number of nitrogens with zero attached hydrogens (tertiary/aromatic N) is 2. The summed E-state index contributed by atoms with van der Waals surface area (Å²) >= 11 is 0. The molecule has 1 heterocycles. The molecule has 1 aliphatic carbocycles. The van der Waals surface area contributed by atoms with E-state index in [4.69, 9.17) is 0 Å². The number of rotatable bonds is 8. The Bertz CT molecular complexity index is 447. The summed E-state index contributed by atoms with van der Waals surface area (Å²) in [7, 11) is 0. The Morgan fingerprint density at radius 2 is 1.48 bits per heavy atom. The summed E-state index contributed by atoms with van der Waals surface area (Å²) in [6, 6.07) is 0. The van der Waals surface area contributed by atoms with Crippen LogP contribution in [-0.2, 0) is 9.59 Å². The molecule has 25 heavy (non-hydrogen) atoms. The fourth-order valence-electron chi connectivity index (χ4n) is 3.97. The van der Waals surface area contributed by atoms with Gasteiger partial charge in [0.25, 0.3) is 0 Å². The third kappa shape index (κ3) is 5.58. The number of carbonyl (C=O) groups is 2. The molecule has 0 aromatic rings. The van der Waals surface area contributed by atoms with Gasteiger partial charge in [-0.25, -0.2) is 0 Å². The fraction of sp³-hybridized carbons (Fsp3) is 0.810. The first-order valence-electron chi connectivity index (χ1n) is 10.4. The predicted octanol–water partition coefficient (Wildman–Crippen LogP) is 4.01. The number of hydrogen-bond acceptors (Lipinski definition) is 2. The van der Waals surface area contributed by atoms with Crippen molar-refractivity contribution >= 4 is 11.8 Å². The Labute approximate surface area is 153 Å². The lowest BCUT2D eigenvalue weighted by Crippen LogP contribution is -2.47. The van der Waals surface area contributed by atoms with Gasteiger partial charge < -0.3 is 9.80 Å². The first-order valence-corrected chi connectivity index (χ1v) is 10.4. The van der Waals surface area contributed by atoms with E-state index in [2.05, 4.69) is 26.0 Å². The number of hydrogen-bond donors (Lipinski definition) is 0. The van der Waals surface area contributed by atoms with Crippen LogP contribution < -0.4 is 0 Å². The number of unbranched alkanes of at least 4 members (excludes halogenated alkanes) is 2. The van der Waals surface area contributed by atoms with Crippen molar-refractivity contribution in [2.24, 2.45) is 11.8 Å². The Balaban J connectivity index is 2.07. The normalized spacial score (nSPS) is 23.5. The molecular formula is C21H36N2O2. The quantitative estimate of drug-likeness (QED) is 0.622. The molecule has 2 unspecified atom stereocenters. The topological polar surface area (TPSA) is 40.6 Å². The molecule has 0 aromatic carbocycles. The molecule has 4 heteroatoms. The van der Waals surface area contributed by atoms with E-state index in [1.54, 1.807) is 0 Å². The van der Waals surface area contributed by atoms with Gasteiger partial charge in [0, 0.05) is 26.2 Å². The average Bonchev–Trinajstić information content (AvgIpc) is 2.68. The lowest BCUT2D eigenvalue weighted by atomic mass is 9.80. The highest BCUT2D eigenvalue weighted by Gasteiger charge is 2.38. The minimum atomic E-state index is -0.159. The zero-order valence-electron chi connectivity index (χ0n) is 16.2. The third-order valence-electron chi connectivity index (χ3n) is 5.61. The smallest absolute Gasteiger partial charge is 0.226 e. The fourth-order valence-corrected chi connectivity index (χ4v) is 3.97. The van der Waals surface area contributed by atoms with Gasteiger partial charge in [0.05, 0.1) is 11.8 Å². The van der Waals surface area contributed by atoms with Gasteiger partial charge in [0.1, 0.15) is 0 Å². The average molecular weight is 349 g/mol. The van der Waals surface area contributed by atoms with Crippen molar-refractivity contribution in [3.8, 4) is 0 Å². The van der Waals surface area contributed by atoms with Gasteiger partial charge in [-0.1, -0.05) is 38.8 Å². The first-order chi connectivity index (χ1) is 12.2. The van der Waals surface area contributed by atoms with Crippen LogP contribution in [0.15, 0.2) is 12.2 Å². The molecule has 4 nitrogen and oxygen atoms in total. The van der Waals surface area contributed by atoms with E-state index in [-0.39, 0.29) is 23.7 Å². The highest BCUT2D eigenvalue weighted by molar-refractivity contribution is 5.88. The van der Waals surface area contributed by atoms with E-state index in [1.807, 2.05) is 9.80 Å². The summed E-state index contributed by atoms with van der Waals surface area (Å²) in [5, 5.41) is 0. The van der Waals surface area contributed by atoms with Crippen LogP contribution in [0.3, 0.4) is 0 Å². The Morgan fingerprint density at radius 3 is 2.04 bits per heavy atom. The number of carbonyl (C=O) groups excluding carboxylic acids is 2. The molecule has 142 valence electrons. The summed E-state index contributed by atoms with van der Waals surface area (Å²) in [6.07, 6.45) is 13.3. The van der Waals surface area contributed by atoms with E-state index in [9.17, 15) is 9.59 Å². The highest BCUT2D eigenvalue weighted by atomic mass is 16.2. The summed E-state index contributed by atoms with van der Waals surface area (Å²) < 4.78 is 0. The molecule has 0 spiro atoms. The first kappa shape index (κ1) is 20.0.